The monoisotopic (exact) mass is 387 g/mol. The van der Waals surface area contributed by atoms with Crippen LogP contribution in [0.1, 0.15) is 23.0 Å². The molecule has 0 saturated carbocycles. The van der Waals surface area contributed by atoms with E-state index in [9.17, 15) is 9.18 Å². The molecule has 1 N–H and O–H groups in total. The maximum absolute atomic E-state index is 13.3. The summed E-state index contributed by atoms with van der Waals surface area (Å²) in [6.07, 6.45) is 3.42. The molecule has 0 aliphatic heterocycles. The van der Waals surface area contributed by atoms with Crippen molar-refractivity contribution in [1.82, 2.24) is 14.9 Å². The van der Waals surface area contributed by atoms with E-state index >= 15 is 0 Å². The van der Waals surface area contributed by atoms with Gasteiger partial charge in [-0.05, 0) is 42.3 Å². The molecule has 1 amide bonds. The van der Waals surface area contributed by atoms with Crippen molar-refractivity contribution in [2.24, 2.45) is 7.05 Å². The maximum atomic E-state index is 13.3. The average molecular weight is 388 g/mol. The highest BCUT2D eigenvalue weighted by molar-refractivity contribution is 6.32. The van der Waals surface area contributed by atoms with Crippen LogP contribution in [0.3, 0.4) is 0 Å². The second kappa shape index (κ2) is 8.22. The van der Waals surface area contributed by atoms with Crippen molar-refractivity contribution in [3.05, 3.63) is 82.6 Å². The van der Waals surface area contributed by atoms with Crippen LogP contribution in [-0.4, -0.2) is 22.1 Å². The SMILES string of the molecule is Cc1ccc(Cl)c(OCC(=O)NC(c2ccc(F)cc2)c2nccn2C)c1. The van der Waals surface area contributed by atoms with Crippen molar-refractivity contribution < 1.29 is 13.9 Å². The molecule has 2 aromatic carbocycles. The summed E-state index contributed by atoms with van der Waals surface area (Å²) in [4.78, 5) is 16.8. The molecule has 0 saturated heterocycles. The molecule has 1 atom stereocenters. The predicted molar refractivity (Wildman–Crippen MR) is 101 cm³/mol. The summed E-state index contributed by atoms with van der Waals surface area (Å²) < 4.78 is 20.6. The van der Waals surface area contributed by atoms with Gasteiger partial charge in [-0.15, -0.1) is 0 Å². The van der Waals surface area contributed by atoms with Crippen molar-refractivity contribution in [2.45, 2.75) is 13.0 Å². The van der Waals surface area contributed by atoms with Crippen LogP contribution in [0, 0.1) is 12.7 Å². The fraction of sp³-hybridized carbons (Fsp3) is 0.200. The van der Waals surface area contributed by atoms with Gasteiger partial charge in [0.25, 0.3) is 5.91 Å². The van der Waals surface area contributed by atoms with Gasteiger partial charge in [0.15, 0.2) is 6.61 Å². The fourth-order valence-corrected chi connectivity index (χ4v) is 2.85. The molecule has 0 aliphatic carbocycles. The van der Waals surface area contributed by atoms with Crippen molar-refractivity contribution in [3.8, 4) is 5.75 Å². The highest BCUT2D eigenvalue weighted by atomic mass is 35.5. The second-order valence-electron chi connectivity index (χ2n) is 6.17. The molecule has 0 spiro atoms. The molecule has 1 unspecified atom stereocenters. The standard InChI is InChI=1S/C20H19ClFN3O2/c1-13-3-8-16(21)17(11-13)27-12-18(26)24-19(20-23-9-10-25(20)2)14-4-6-15(22)7-5-14/h3-11,19H,12H2,1-2H3,(H,24,26). The first-order valence-corrected chi connectivity index (χ1v) is 8.73. The van der Waals surface area contributed by atoms with E-state index in [4.69, 9.17) is 16.3 Å². The number of carbonyl (C=O) groups is 1. The van der Waals surface area contributed by atoms with Crippen molar-refractivity contribution >= 4 is 17.5 Å². The first kappa shape index (κ1) is 18.9. The Balaban J connectivity index is 1.75. The largest absolute Gasteiger partial charge is 0.482 e. The van der Waals surface area contributed by atoms with E-state index in [0.29, 0.717) is 22.2 Å². The van der Waals surface area contributed by atoms with E-state index in [2.05, 4.69) is 10.3 Å². The van der Waals surface area contributed by atoms with Crippen LogP contribution in [0.5, 0.6) is 5.75 Å². The Labute approximate surface area is 161 Å². The topological polar surface area (TPSA) is 56.1 Å². The Morgan fingerprint density at radius 2 is 2.04 bits per heavy atom. The van der Waals surface area contributed by atoms with Gasteiger partial charge in [-0.25, -0.2) is 9.37 Å². The summed E-state index contributed by atoms with van der Waals surface area (Å²) in [7, 11) is 1.83. The van der Waals surface area contributed by atoms with E-state index in [1.54, 1.807) is 41.2 Å². The third-order valence-corrected chi connectivity index (χ3v) is 4.38. The molecule has 1 aromatic heterocycles. The maximum Gasteiger partial charge on any atom is 0.258 e. The molecule has 140 valence electrons. The van der Waals surface area contributed by atoms with Gasteiger partial charge in [-0.2, -0.15) is 0 Å². The van der Waals surface area contributed by atoms with E-state index in [-0.39, 0.29) is 18.3 Å². The Morgan fingerprint density at radius 3 is 2.70 bits per heavy atom. The summed E-state index contributed by atoms with van der Waals surface area (Å²) in [5.41, 5.74) is 1.69. The number of amides is 1. The lowest BCUT2D eigenvalue weighted by Crippen LogP contribution is -2.34. The van der Waals surface area contributed by atoms with Gasteiger partial charge in [0.2, 0.25) is 0 Å². The summed E-state index contributed by atoms with van der Waals surface area (Å²) >= 11 is 6.09. The van der Waals surface area contributed by atoms with E-state index in [1.807, 2.05) is 20.0 Å². The zero-order valence-corrected chi connectivity index (χ0v) is 15.7. The fourth-order valence-electron chi connectivity index (χ4n) is 2.67. The summed E-state index contributed by atoms with van der Waals surface area (Å²) in [5, 5.41) is 3.33. The van der Waals surface area contributed by atoms with Crippen LogP contribution in [0.4, 0.5) is 4.39 Å². The highest BCUT2D eigenvalue weighted by Gasteiger charge is 2.21. The Bertz CT molecular complexity index is 941. The van der Waals surface area contributed by atoms with Crippen LogP contribution in [-0.2, 0) is 11.8 Å². The lowest BCUT2D eigenvalue weighted by atomic mass is 10.1. The number of halogens is 2. The number of rotatable bonds is 6. The summed E-state index contributed by atoms with van der Waals surface area (Å²) in [5.74, 6) is 0.386. The van der Waals surface area contributed by atoms with E-state index < -0.39 is 6.04 Å². The van der Waals surface area contributed by atoms with Gasteiger partial charge in [0.1, 0.15) is 23.4 Å². The molecule has 0 radical (unpaired) electrons. The number of imidazole rings is 1. The molecule has 0 aliphatic rings. The first-order chi connectivity index (χ1) is 12.9. The molecular weight excluding hydrogens is 369 g/mol. The Kier molecular flexibility index (Phi) is 5.76. The zero-order valence-electron chi connectivity index (χ0n) is 14.9. The highest BCUT2D eigenvalue weighted by Crippen LogP contribution is 2.25. The van der Waals surface area contributed by atoms with Gasteiger partial charge in [0, 0.05) is 19.4 Å². The van der Waals surface area contributed by atoms with Gasteiger partial charge < -0.3 is 14.6 Å². The molecule has 7 heteroatoms. The number of nitrogens with zero attached hydrogens (tertiary/aromatic N) is 2. The molecule has 0 fully saturated rings. The van der Waals surface area contributed by atoms with Gasteiger partial charge >= 0.3 is 0 Å². The minimum Gasteiger partial charge on any atom is -0.482 e. The van der Waals surface area contributed by atoms with Crippen LogP contribution in [0.2, 0.25) is 5.02 Å². The van der Waals surface area contributed by atoms with Crippen molar-refractivity contribution in [1.29, 1.82) is 0 Å². The van der Waals surface area contributed by atoms with E-state index in [0.717, 1.165) is 5.56 Å². The van der Waals surface area contributed by atoms with E-state index in [1.165, 1.54) is 12.1 Å². The first-order valence-electron chi connectivity index (χ1n) is 8.35. The third-order valence-electron chi connectivity index (χ3n) is 4.07. The molecule has 5 nitrogen and oxygen atoms in total. The molecule has 3 rings (SSSR count). The number of aryl methyl sites for hydroxylation is 2. The van der Waals surface area contributed by atoms with Crippen LogP contribution < -0.4 is 10.1 Å². The van der Waals surface area contributed by atoms with Gasteiger partial charge in [0.05, 0.1) is 5.02 Å². The lowest BCUT2D eigenvalue weighted by Gasteiger charge is -2.19. The number of hydrogen-bond acceptors (Lipinski definition) is 3. The lowest BCUT2D eigenvalue weighted by molar-refractivity contribution is -0.123. The molecule has 3 aromatic rings. The number of aromatic nitrogens is 2. The number of carbonyl (C=O) groups excluding carboxylic acids is 1. The van der Waals surface area contributed by atoms with Gasteiger partial charge in [-0.1, -0.05) is 29.8 Å². The van der Waals surface area contributed by atoms with Crippen LogP contribution >= 0.6 is 11.6 Å². The Morgan fingerprint density at radius 1 is 1.30 bits per heavy atom. The van der Waals surface area contributed by atoms with Crippen LogP contribution in [0.25, 0.3) is 0 Å². The summed E-state index contributed by atoms with van der Waals surface area (Å²) in [6, 6.07) is 10.8. The number of ether oxygens (including phenoxy) is 1. The van der Waals surface area contributed by atoms with Crippen LogP contribution in [0.15, 0.2) is 54.9 Å². The minimum atomic E-state index is -0.533. The smallest absolute Gasteiger partial charge is 0.258 e. The molecule has 0 bridgehead atoms. The molecular formula is C20H19ClFN3O2. The Hall–Kier alpha value is -2.86. The predicted octanol–water partition coefficient (Wildman–Crippen LogP) is 3.81. The summed E-state index contributed by atoms with van der Waals surface area (Å²) in [6.45, 7) is 1.71. The molecule has 27 heavy (non-hydrogen) atoms. The van der Waals surface area contributed by atoms with Crippen molar-refractivity contribution in [2.75, 3.05) is 6.61 Å². The number of benzene rings is 2. The zero-order chi connectivity index (χ0) is 19.4. The number of hydrogen-bond donors (Lipinski definition) is 1. The third kappa shape index (κ3) is 4.65. The molecule has 1 heterocycles. The normalized spacial score (nSPS) is 11.9. The second-order valence-corrected chi connectivity index (χ2v) is 6.58. The average Bonchev–Trinajstić information content (AvgIpc) is 3.07. The number of nitrogens with one attached hydrogen (secondary N) is 1. The van der Waals surface area contributed by atoms with Gasteiger partial charge in [-0.3, -0.25) is 4.79 Å². The quantitative estimate of drug-likeness (QED) is 0.699. The van der Waals surface area contributed by atoms with Crippen molar-refractivity contribution in [3.63, 3.8) is 0 Å². The minimum absolute atomic E-state index is 0.203.